The van der Waals surface area contributed by atoms with Crippen molar-refractivity contribution in [1.82, 2.24) is 15.1 Å². The smallest absolute Gasteiger partial charge is 0.408 e. The van der Waals surface area contributed by atoms with Crippen molar-refractivity contribution in [3.63, 3.8) is 0 Å². The third kappa shape index (κ3) is 9.09. The van der Waals surface area contributed by atoms with Crippen molar-refractivity contribution in [3.05, 3.63) is 6.20 Å². The van der Waals surface area contributed by atoms with E-state index in [1.54, 1.807) is 20.8 Å². The van der Waals surface area contributed by atoms with E-state index < -0.39 is 31.8 Å². The molecule has 4 N–H and O–H groups in total. The number of carbonyl (C=O) groups is 2. The third-order valence-corrected chi connectivity index (χ3v) is 5.11. The number of ether oxygens (including phenoxy) is 3. The van der Waals surface area contributed by atoms with Crippen LogP contribution >= 0.6 is 0 Å². The van der Waals surface area contributed by atoms with Crippen molar-refractivity contribution in [1.29, 1.82) is 0 Å². The fraction of sp³-hybridized carbons (Fsp3) is 0.706. The molecular weight excluding hydrogens is 384 g/mol. The fourth-order valence-electron chi connectivity index (χ4n) is 1.95. The quantitative estimate of drug-likeness (QED) is 0.389. The van der Waals surface area contributed by atoms with Crippen LogP contribution < -0.4 is 15.8 Å². The molecule has 11 heteroatoms. The van der Waals surface area contributed by atoms with Crippen molar-refractivity contribution >= 4 is 25.8 Å². The fourth-order valence-corrected chi connectivity index (χ4v) is 2.71. The second-order valence-electron chi connectivity index (χ2n) is 8.60. The maximum atomic E-state index is 11.8. The first-order valence-corrected chi connectivity index (χ1v) is 12.7. The van der Waals surface area contributed by atoms with Gasteiger partial charge < -0.3 is 30.4 Å². The summed E-state index contributed by atoms with van der Waals surface area (Å²) in [7, 11) is -1.21. The van der Waals surface area contributed by atoms with Gasteiger partial charge in [-0.25, -0.2) is 14.3 Å². The van der Waals surface area contributed by atoms with Gasteiger partial charge in [0, 0.05) is 14.7 Å². The van der Waals surface area contributed by atoms with E-state index >= 15 is 0 Å². The van der Waals surface area contributed by atoms with Crippen LogP contribution in [-0.4, -0.2) is 59.9 Å². The van der Waals surface area contributed by atoms with Gasteiger partial charge in [0.05, 0.1) is 6.20 Å². The first-order valence-electron chi connectivity index (χ1n) is 9.02. The van der Waals surface area contributed by atoms with Crippen LogP contribution in [0.1, 0.15) is 20.8 Å². The van der Waals surface area contributed by atoms with E-state index in [2.05, 4.69) is 30.1 Å². The van der Waals surface area contributed by atoms with E-state index in [0.29, 0.717) is 6.61 Å². The normalized spacial score (nSPS) is 13.1. The number of carboxylic acid groups (broad SMARTS) is 1. The first-order chi connectivity index (χ1) is 12.8. The lowest BCUT2D eigenvalue weighted by Crippen LogP contribution is -2.46. The molecule has 0 saturated carbocycles. The number of hydrogen-bond acceptors (Lipinski definition) is 7. The largest absolute Gasteiger partial charge is 0.480 e. The van der Waals surface area contributed by atoms with Crippen molar-refractivity contribution in [2.24, 2.45) is 0 Å². The zero-order valence-electron chi connectivity index (χ0n) is 17.4. The minimum absolute atomic E-state index is 0.133. The minimum Gasteiger partial charge on any atom is -0.480 e. The Morgan fingerprint density at radius 3 is 2.54 bits per heavy atom. The Morgan fingerprint density at radius 1 is 1.36 bits per heavy atom. The molecule has 0 aliphatic heterocycles. The lowest BCUT2D eigenvalue weighted by molar-refractivity contribution is -0.140. The predicted molar refractivity (Wildman–Crippen MR) is 107 cm³/mol. The highest BCUT2D eigenvalue weighted by Crippen LogP contribution is 2.21. The molecule has 1 rings (SSSR count). The summed E-state index contributed by atoms with van der Waals surface area (Å²) in [4.78, 5) is 23.2. The molecule has 0 saturated heterocycles. The molecule has 0 aliphatic carbocycles. The first kappa shape index (κ1) is 23.8. The zero-order valence-corrected chi connectivity index (χ0v) is 18.4. The zero-order chi connectivity index (χ0) is 21.5. The van der Waals surface area contributed by atoms with Crippen LogP contribution in [0.15, 0.2) is 6.20 Å². The number of nitrogen functional groups attached to an aromatic ring is 1. The Morgan fingerprint density at radius 2 is 2.00 bits per heavy atom. The summed E-state index contributed by atoms with van der Waals surface area (Å²) < 4.78 is 17.6. The summed E-state index contributed by atoms with van der Waals surface area (Å²) in [6.07, 6.45) is 0.550. The molecule has 0 spiro atoms. The van der Waals surface area contributed by atoms with Crippen LogP contribution in [0.4, 0.5) is 10.5 Å². The molecule has 1 aromatic rings. The van der Waals surface area contributed by atoms with Crippen molar-refractivity contribution in [2.45, 2.75) is 64.8 Å². The number of hydrogen-bond donors (Lipinski definition) is 3. The highest BCUT2D eigenvalue weighted by molar-refractivity contribution is 6.76. The average Bonchev–Trinajstić information content (AvgIpc) is 2.85. The van der Waals surface area contributed by atoms with Gasteiger partial charge in [0.25, 0.3) is 0 Å². The number of nitrogens with one attached hydrogen (secondary N) is 1. The minimum atomic E-state index is -1.31. The summed E-state index contributed by atoms with van der Waals surface area (Å²) in [6, 6.07) is -0.314. The maximum Gasteiger partial charge on any atom is 0.408 e. The van der Waals surface area contributed by atoms with Gasteiger partial charge in [0.1, 0.15) is 24.6 Å². The third-order valence-electron chi connectivity index (χ3n) is 3.40. The van der Waals surface area contributed by atoms with Crippen LogP contribution in [0.25, 0.3) is 0 Å². The number of nitrogens with zero attached hydrogens (tertiary/aromatic N) is 2. The Labute approximate surface area is 166 Å². The molecule has 160 valence electrons. The highest BCUT2D eigenvalue weighted by atomic mass is 28.3. The van der Waals surface area contributed by atoms with Crippen molar-refractivity contribution in [3.8, 4) is 5.88 Å². The molecule has 1 amide bonds. The van der Waals surface area contributed by atoms with Gasteiger partial charge >= 0.3 is 12.1 Å². The molecule has 28 heavy (non-hydrogen) atoms. The SMILES string of the molecule is CC(C)(C)OC(=O)N[C@@H](COc1c(N)cnn1COCC[Si](C)(C)C)C(=O)O. The Bertz CT molecular complexity index is 666. The van der Waals surface area contributed by atoms with Crippen LogP contribution in [0.5, 0.6) is 5.88 Å². The Kier molecular flexibility index (Phi) is 8.30. The summed E-state index contributed by atoms with van der Waals surface area (Å²) in [6.45, 7) is 12.2. The monoisotopic (exact) mass is 416 g/mol. The number of aliphatic carboxylic acids is 1. The van der Waals surface area contributed by atoms with E-state index in [9.17, 15) is 14.7 Å². The second-order valence-corrected chi connectivity index (χ2v) is 14.2. The van der Waals surface area contributed by atoms with Crippen LogP contribution in [0.2, 0.25) is 25.7 Å². The summed E-state index contributed by atoms with van der Waals surface area (Å²) in [5, 5.41) is 15.6. The van der Waals surface area contributed by atoms with Gasteiger partial charge in [-0.3, -0.25) is 0 Å². The summed E-state index contributed by atoms with van der Waals surface area (Å²) in [5.74, 6) is -1.08. The van der Waals surface area contributed by atoms with Crippen molar-refractivity contribution < 1.29 is 28.9 Å². The summed E-state index contributed by atoms with van der Waals surface area (Å²) >= 11 is 0. The average molecular weight is 417 g/mol. The topological polar surface area (TPSA) is 138 Å². The molecule has 0 radical (unpaired) electrons. The van der Waals surface area contributed by atoms with Gasteiger partial charge in [-0.15, -0.1) is 0 Å². The molecule has 1 aromatic heterocycles. The van der Waals surface area contributed by atoms with Gasteiger partial charge in [-0.05, 0) is 26.8 Å². The van der Waals surface area contributed by atoms with E-state index in [-0.39, 0.29) is 24.9 Å². The van der Waals surface area contributed by atoms with E-state index in [1.807, 2.05) is 0 Å². The van der Waals surface area contributed by atoms with E-state index in [0.717, 1.165) is 6.04 Å². The Balaban J connectivity index is 2.64. The molecule has 1 heterocycles. The van der Waals surface area contributed by atoms with Gasteiger partial charge in [-0.1, -0.05) is 19.6 Å². The number of rotatable bonds is 10. The standard InChI is InChI=1S/C17H32N4O6Si/c1-17(2,3)27-16(24)20-13(15(22)23)10-26-14-12(18)9-19-21(14)11-25-7-8-28(4,5)6/h9,13H,7-8,10-11,18H2,1-6H3,(H,20,24)(H,22,23)/t13-/m0/s1. The molecule has 0 aliphatic rings. The molecule has 0 fully saturated rings. The number of carboxylic acids is 1. The van der Waals surface area contributed by atoms with Crippen molar-refractivity contribution in [2.75, 3.05) is 18.9 Å². The van der Waals surface area contributed by atoms with Gasteiger partial charge in [0.2, 0.25) is 5.88 Å². The number of nitrogens with two attached hydrogens (primary N) is 1. The number of carbonyl (C=O) groups excluding carboxylic acids is 1. The lowest BCUT2D eigenvalue weighted by Gasteiger charge is -2.22. The number of alkyl carbamates (subject to hydrolysis) is 1. The van der Waals surface area contributed by atoms with Crippen LogP contribution in [0.3, 0.4) is 0 Å². The lowest BCUT2D eigenvalue weighted by atomic mass is 10.2. The van der Waals surface area contributed by atoms with Crippen LogP contribution in [0, 0.1) is 0 Å². The molecule has 0 unspecified atom stereocenters. The molecule has 1 atom stereocenters. The second kappa shape index (κ2) is 9.78. The number of amides is 1. The van der Waals surface area contributed by atoms with Gasteiger partial charge in [0.15, 0.2) is 6.04 Å². The molecule has 0 bridgehead atoms. The predicted octanol–water partition coefficient (Wildman–Crippen LogP) is 2.13. The Hall–Kier alpha value is -2.27. The molecule has 0 aromatic carbocycles. The van der Waals surface area contributed by atoms with Gasteiger partial charge in [-0.2, -0.15) is 5.10 Å². The number of anilines is 1. The maximum absolute atomic E-state index is 11.8. The highest BCUT2D eigenvalue weighted by Gasteiger charge is 2.25. The van der Waals surface area contributed by atoms with E-state index in [1.165, 1.54) is 10.9 Å². The number of aromatic nitrogens is 2. The molecular formula is C17H32N4O6Si. The molecule has 10 nitrogen and oxygen atoms in total. The van der Waals surface area contributed by atoms with Crippen LogP contribution in [-0.2, 0) is 21.0 Å². The summed E-state index contributed by atoms with van der Waals surface area (Å²) in [5.41, 5.74) is 5.35. The van der Waals surface area contributed by atoms with E-state index in [4.69, 9.17) is 19.9 Å².